The van der Waals surface area contributed by atoms with E-state index in [9.17, 15) is 4.79 Å². The molecule has 1 saturated heterocycles. The number of methoxy groups -OCH3 is 1. The zero-order valence-corrected chi connectivity index (χ0v) is 14.7. The molecule has 0 atom stereocenters. The number of anilines is 1. The fraction of sp³-hybridized carbons (Fsp3) is 0.375. The van der Waals surface area contributed by atoms with Crippen molar-refractivity contribution in [2.45, 2.75) is 6.42 Å². The standard InChI is InChI=1S/C15H18N4O2S.CH2O2/c1-21-12-3-4-16-13(11-12)14(20)18-6-2-7-19(9-8-18)15-17-5-10-22-15;2-1-3/h3-5,10-11H,2,6-9H2,1H3;1H,(H,2,3). The van der Waals surface area contributed by atoms with Gasteiger partial charge >= 0.3 is 0 Å². The van der Waals surface area contributed by atoms with Crippen molar-refractivity contribution in [1.29, 1.82) is 0 Å². The van der Waals surface area contributed by atoms with Crippen LogP contribution in [0.25, 0.3) is 0 Å². The van der Waals surface area contributed by atoms with Gasteiger partial charge in [0, 0.05) is 50.0 Å². The van der Waals surface area contributed by atoms with Crippen LogP contribution in [0.5, 0.6) is 5.75 Å². The van der Waals surface area contributed by atoms with Gasteiger partial charge in [-0.25, -0.2) is 4.98 Å². The first-order valence-electron chi connectivity index (χ1n) is 7.71. The topological polar surface area (TPSA) is 95.9 Å². The van der Waals surface area contributed by atoms with Crippen molar-refractivity contribution in [2.75, 3.05) is 38.2 Å². The molecule has 9 heteroatoms. The number of rotatable bonds is 3. The van der Waals surface area contributed by atoms with E-state index in [1.165, 1.54) is 0 Å². The van der Waals surface area contributed by atoms with E-state index in [-0.39, 0.29) is 12.4 Å². The number of amides is 1. The van der Waals surface area contributed by atoms with E-state index in [2.05, 4.69) is 14.9 Å². The number of hydrogen-bond donors (Lipinski definition) is 1. The summed E-state index contributed by atoms with van der Waals surface area (Å²) in [6.07, 6.45) is 4.34. The Hall–Kier alpha value is -2.68. The van der Waals surface area contributed by atoms with Crippen molar-refractivity contribution in [3.63, 3.8) is 0 Å². The third kappa shape index (κ3) is 5.15. The first-order valence-corrected chi connectivity index (χ1v) is 8.59. The van der Waals surface area contributed by atoms with Gasteiger partial charge in [-0.2, -0.15) is 0 Å². The van der Waals surface area contributed by atoms with Crippen LogP contribution >= 0.6 is 11.3 Å². The van der Waals surface area contributed by atoms with Gasteiger partial charge in [-0.15, -0.1) is 11.3 Å². The second-order valence-electron chi connectivity index (χ2n) is 5.13. The fourth-order valence-electron chi connectivity index (χ4n) is 2.50. The third-order valence-electron chi connectivity index (χ3n) is 3.66. The second-order valence-corrected chi connectivity index (χ2v) is 6.01. The molecular formula is C16H20N4O4S. The van der Waals surface area contributed by atoms with Gasteiger partial charge < -0.3 is 19.6 Å². The zero-order valence-electron chi connectivity index (χ0n) is 13.9. The summed E-state index contributed by atoms with van der Waals surface area (Å²) in [5, 5.41) is 9.89. The van der Waals surface area contributed by atoms with Crippen molar-refractivity contribution in [3.05, 3.63) is 35.6 Å². The first kappa shape index (κ1) is 18.7. The number of pyridine rings is 1. The smallest absolute Gasteiger partial charge is 0.290 e. The quantitative estimate of drug-likeness (QED) is 0.826. The molecule has 0 unspecified atom stereocenters. The number of aromatic nitrogens is 2. The molecule has 0 aliphatic carbocycles. The Bertz CT molecular complexity index is 681. The Morgan fingerprint density at radius 2 is 2.08 bits per heavy atom. The van der Waals surface area contributed by atoms with Crippen molar-refractivity contribution in [1.82, 2.24) is 14.9 Å². The van der Waals surface area contributed by atoms with Crippen LogP contribution in [0.2, 0.25) is 0 Å². The summed E-state index contributed by atoms with van der Waals surface area (Å²) in [7, 11) is 1.58. The molecule has 1 N–H and O–H groups in total. The molecule has 1 fully saturated rings. The second kappa shape index (κ2) is 9.58. The maximum absolute atomic E-state index is 12.6. The summed E-state index contributed by atoms with van der Waals surface area (Å²) in [6.45, 7) is 2.88. The Kier molecular flexibility index (Phi) is 7.15. The van der Waals surface area contributed by atoms with E-state index in [1.807, 2.05) is 16.5 Å². The Labute approximate surface area is 149 Å². The Morgan fingerprint density at radius 1 is 1.28 bits per heavy atom. The molecule has 0 saturated carbocycles. The molecule has 0 bridgehead atoms. The number of thiazole rings is 1. The molecule has 0 aromatic carbocycles. The summed E-state index contributed by atoms with van der Waals surface area (Å²) in [5.41, 5.74) is 0.432. The molecule has 1 aliphatic heterocycles. The molecule has 3 heterocycles. The van der Waals surface area contributed by atoms with Crippen LogP contribution in [0.15, 0.2) is 29.9 Å². The van der Waals surface area contributed by atoms with Crippen LogP contribution in [0.4, 0.5) is 5.13 Å². The Morgan fingerprint density at radius 3 is 2.76 bits per heavy atom. The van der Waals surface area contributed by atoms with E-state index >= 15 is 0 Å². The molecule has 8 nitrogen and oxygen atoms in total. The van der Waals surface area contributed by atoms with Gasteiger partial charge in [0.15, 0.2) is 5.13 Å². The lowest BCUT2D eigenvalue weighted by atomic mass is 10.3. The van der Waals surface area contributed by atoms with Crippen molar-refractivity contribution < 1.29 is 19.4 Å². The van der Waals surface area contributed by atoms with E-state index in [1.54, 1.807) is 36.8 Å². The van der Waals surface area contributed by atoms with E-state index in [0.717, 1.165) is 31.2 Å². The lowest BCUT2D eigenvalue weighted by molar-refractivity contribution is -0.122. The first-order chi connectivity index (χ1) is 12.2. The summed E-state index contributed by atoms with van der Waals surface area (Å²) in [5.74, 6) is 0.609. The minimum absolute atomic E-state index is 0.0418. The molecule has 1 aliphatic rings. The Balaban J connectivity index is 0.000000701. The molecule has 0 radical (unpaired) electrons. The number of ether oxygens (including phenoxy) is 1. The van der Waals surface area contributed by atoms with Gasteiger partial charge in [-0.3, -0.25) is 14.6 Å². The van der Waals surface area contributed by atoms with Gasteiger partial charge in [-0.1, -0.05) is 0 Å². The van der Waals surface area contributed by atoms with Crippen LogP contribution in [0.3, 0.4) is 0 Å². The number of nitrogens with zero attached hydrogens (tertiary/aromatic N) is 4. The van der Waals surface area contributed by atoms with Crippen LogP contribution in [-0.4, -0.2) is 65.6 Å². The monoisotopic (exact) mass is 364 g/mol. The highest BCUT2D eigenvalue weighted by Crippen LogP contribution is 2.20. The molecule has 2 aromatic rings. The van der Waals surface area contributed by atoms with Crippen molar-refractivity contribution >= 4 is 28.8 Å². The zero-order chi connectivity index (χ0) is 18.1. The van der Waals surface area contributed by atoms with Crippen LogP contribution < -0.4 is 9.64 Å². The van der Waals surface area contributed by atoms with Gasteiger partial charge in [0.05, 0.1) is 7.11 Å². The lowest BCUT2D eigenvalue weighted by Crippen LogP contribution is -2.35. The lowest BCUT2D eigenvalue weighted by Gasteiger charge is -2.21. The molecule has 134 valence electrons. The van der Waals surface area contributed by atoms with E-state index < -0.39 is 0 Å². The number of carbonyl (C=O) groups excluding carboxylic acids is 1. The molecule has 0 spiro atoms. The predicted molar refractivity (Wildman–Crippen MR) is 94.3 cm³/mol. The van der Waals surface area contributed by atoms with E-state index in [4.69, 9.17) is 14.6 Å². The summed E-state index contributed by atoms with van der Waals surface area (Å²) in [6, 6.07) is 3.43. The van der Waals surface area contributed by atoms with Gasteiger partial charge in [0.2, 0.25) is 0 Å². The molecular weight excluding hydrogens is 344 g/mol. The molecule has 3 rings (SSSR count). The number of hydrogen-bond acceptors (Lipinski definition) is 7. The maximum Gasteiger partial charge on any atom is 0.290 e. The van der Waals surface area contributed by atoms with Crippen molar-refractivity contribution in [3.8, 4) is 5.75 Å². The normalized spacial score (nSPS) is 14.1. The molecule has 25 heavy (non-hydrogen) atoms. The maximum atomic E-state index is 12.6. The average molecular weight is 364 g/mol. The van der Waals surface area contributed by atoms with Crippen molar-refractivity contribution in [2.24, 2.45) is 0 Å². The highest BCUT2D eigenvalue weighted by Gasteiger charge is 2.22. The van der Waals surface area contributed by atoms with Crippen LogP contribution in [0, 0.1) is 0 Å². The van der Waals surface area contributed by atoms with E-state index in [0.29, 0.717) is 18.0 Å². The highest BCUT2D eigenvalue weighted by molar-refractivity contribution is 7.13. The fourth-order valence-corrected chi connectivity index (χ4v) is 3.20. The van der Waals surface area contributed by atoms with Gasteiger partial charge in [-0.05, 0) is 12.5 Å². The molecule has 2 aromatic heterocycles. The van der Waals surface area contributed by atoms with Crippen LogP contribution in [0.1, 0.15) is 16.9 Å². The van der Waals surface area contributed by atoms with Crippen LogP contribution in [-0.2, 0) is 4.79 Å². The minimum atomic E-state index is -0.250. The minimum Gasteiger partial charge on any atom is -0.497 e. The summed E-state index contributed by atoms with van der Waals surface area (Å²) >= 11 is 1.63. The average Bonchev–Trinajstić information content (AvgIpc) is 3.06. The largest absolute Gasteiger partial charge is 0.497 e. The number of carboxylic acid groups (broad SMARTS) is 1. The molecule has 1 amide bonds. The SMILES string of the molecule is COc1ccnc(C(=O)N2CCCN(c3nccs3)CC2)c1.O=CO. The third-order valence-corrected chi connectivity index (χ3v) is 4.49. The summed E-state index contributed by atoms with van der Waals surface area (Å²) < 4.78 is 5.16. The highest BCUT2D eigenvalue weighted by atomic mass is 32.1. The number of carbonyl (C=O) groups is 2. The summed E-state index contributed by atoms with van der Waals surface area (Å²) in [4.78, 5) is 33.6. The predicted octanol–water partition coefficient (Wildman–Crippen LogP) is 1.60. The van der Waals surface area contributed by atoms with Gasteiger partial charge in [0.1, 0.15) is 11.4 Å². The van der Waals surface area contributed by atoms with Gasteiger partial charge in [0.25, 0.3) is 12.4 Å².